The van der Waals surface area contributed by atoms with E-state index in [0.29, 0.717) is 0 Å². The van der Waals surface area contributed by atoms with E-state index in [1.165, 1.54) is 0 Å². The van der Waals surface area contributed by atoms with E-state index in [4.69, 9.17) is 80.5 Å². The highest BCUT2D eigenvalue weighted by molar-refractivity contribution is 5.73. The first-order chi connectivity index (χ1) is 50.2. The van der Waals surface area contributed by atoms with E-state index in [9.17, 15) is 147 Å². The van der Waals surface area contributed by atoms with Gasteiger partial charge in [0.15, 0.2) is 56.6 Å². The molecule has 9 saturated heterocycles. The zero-order valence-electron chi connectivity index (χ0n) is 56.2. The molecular formula is C58H98N2O46. The van der Waals surface area contributed by atoms with Gasteiger partial charge in [0.25, 0.3) is 0 Å². The van der Waals surface area contributed by atoms with Gasteiger partial charge < -0.3 is 229 Å². The second kappa shape index (κ2) is 37.9. The number of amides is 2. The summed E-state index contributed by atoms with van der Waals surface area (Å²) in [6.07, 6.45) is -90.8. The van der Waals surface area contributed by atoms with Gasteiger partial charge in [-0.05, 0) is 0 Å². The van der Waals surface area contributed by atoms with Crippen LogP contribution in [0.15, 0.2) is 0 Å². The van der Waals surface area contributed by atoms with Crippen LogP contribution in [0.2, 0.25) is 0 Å². The molecule has 9 fully saturated rings. The molecule has 45 atom stereocenters. The summed E-state index contributed by atoms with van der Waals surface area (Å²) in [5.41, 5.74) is 0. The second-order valence-electron chi connectivity index (χ2n) is 26.7. The minimum absolute atomic E-state index is 0.785. The van der Waals surface area contributed by atoms with Crippen molar-refractivity contribution < 1.29 is 228 Å². The molecule has 0 aromatic rings. The van der Waals surface area contributed by atoms with Crippen molar-refractivity contribution in [3.8, 4) is 0 Å². The minimum atomic E-state index is -2.55. The van der Waals surface area contributed by atoms with Crippen molar-refractivity contribution >= 4 is 11.8 Å². The van der Waals surface area contributed by atoms with Crippen molar-refractivity contribution in [2.24, 2.45) is 0 Å². The predicted molar refractivity (Wildman–Crippen MR) is 320 cm³/mol. The summed E-state index contributed by atoms with van der Waals surface area (Å²) in [5.74, 6) is -1.72. The average molecular weight is 1560 g/mol. The number of carbonyl (C=O) groups is 2. The predicted octanol–water partition coefficient (Wildman–Crippen LogP) is -20.3. The smallest absolute Gasteiger partial charge is 0.217 e. The van der Waals surface area contributed by atoms with E-state index in [2.05, 4.69) is 10.6 Å². The Kier molecular flexibility index (Phi) is 31.1. The van der Waals surface area contributed by atoms with E-state index in [-0.39, 0.29) is 0 Å². The third-order valence-electron chi connectivity index (χ3n) is 19.5. The highest BCUT2D eigenvalue weighted by atomic mass is 16.8. The number of hydrogen-bond donors (Lipinski definition) is 29. The Hall–Kier alpha value is -2.82. The number of ether oxygens (including phenoxy) is 17. The molecule has 48 heteroatoms. The lowest BCUT2D eigenvalue weighted by molar-refractivity contribution is -0.401. The summed E-state index contributed by atoms with van der Waals surface area (Å²) >= 11 is 0. The van der Waals surface area contributed by atoms with Gasteiger partial charge >= 0.3 is 0 Å². The van der Waals surface area contributed by atoms with Crippen LogP contribution in [-0.2, 0) is 90.1 Å². The lowest BCUT2D eigenvalue weighted by Crippen LogP contribution is -2.70. The molecule has 9 aliphatic rings. The Morgan fingerprint density at radius 2 is 0.509 bits per heavy atom. The van der Waals surface area contributed by atoms with Gasteiger partial charge in [-0.3, -0.25) is 9.59 Å². The van der Waals surface area contributed by atoms with Gasteiger partial charge in [-0.2, -0.15) is 0 Å². The van der Waals surface area contributed by atoms with Crippen LogP contribution < -0.4 is 10.6 Å². The van der Waals surface area contributed by atoms with Crippen LogP contribution in [-0.4, -0.2) is 485 Å². The van der Waals surface area contributed by atoms with E-state index < -0.39 is 348 Å². The molecule has 2 amide bonds. The fraction of sp³-hybridized carbons (Fsp3) is 0.966. The zero-order chi connectivity index (χ0) is 77.9. The first-order valence-corrected chi connectivity index (χ1v) is 33.7. The van der Waals surface area contributed by atoms with Crippen LogP contribution in [0.3, 0.4) is 0 Å². The SMILES string of the molecule is CC(=O)N[C@@H]1[C@@H](O)[C@H](O[C@@H]2O[C@H](CO)[C@@H](O[C@@H]3O[C@H](CO[C@H]4O[C@H](CO[C@H]5O[C@H](CO)[C@@H](O)[C@H](O)[C@@H]5O)[C@@H](O)[C@H](O[C@H]5O[C@H](CO)[C@@H](O)[C@H](O)[C@@H]5O[C@H]5O[C@H](CO)[C@@H](O)[C@H](O)[C@@H]5O)[C@@H]4O)[C@@H](O)[C@H](O[C@H]4O[C@H](CO)[C@@H](O)[C@H](O)[C@@H]4O[C@H]4O[C@H](CO)[C@@H](O)[C@H](O)[C@@H]4O)[C@@H]3O)[C@H](O)[C@H]2NC(C)=O)[C@@H](CO)O[C@@H]1O. The fourth-order valence-electron chi connectivity index (χ4n) is 13.5. The number of aliphatic hydroxyl groups excluding tert-OH is 27. The van der Waals surface area contributed by atoms with E-state index in [0.717, 1.165) is 13.8 Å². The summed E-state index contributed by atoms with van der Waals surface area (Å²) < 4.78 is 98.9. The number of nitrogens with one attached hydrogen (secondary N) is 2. The molecule has 29 N–H and O–H groups in total. The molecule has 9 aliphatic heterocycles. The van der Waals surface area contributed by atoms with E-state index in [1.807, 2.05) is 0 Å². The molecule has 106 heavy (non-hydrogen) atoms. The number of carbonyl (C=O) groups excluding carboxylic acids is 2. The third kappa shape index (κ3) is 18.7. The molecular weight excluding hydrogens is 1460 g/mol. The quantitative estimate of drug-likeness (QED) is 0.0363. The van der Waals surface area contributed by atoms with Gasteiger partial charge in [-0.1, -0.05) is 0 Å². The van der Waals surface area contributed by atoms with Crippen LogP contribution in [0.4, 0.5) is 0 Å². The van der Waals surface area contributed by atoms with Crippen molar-refractivity contribution in [3.63, 3.8) is 0 Å². The van der Waals surface area contributed by atoms with E-state index >= 15 is 0 Å². The molecule has 0 unspecified atom stereocenters. The minimum Gasteiger partial charge on any atom is -0.394 e. The molecule has 48 nitrogen and oxygen atoms in total. The maximum absolute atomic E-state index is 12.9. The second-order valence-corrected chi connectivity index (χ2v) is 26.7. The first-order valence-electron chi connectivity index (χ1n) is 33.7. The highest BCUT2D eigenvalue weighted by Gasteiger charge is 2.60. The summed E-state index contributed by atoms with van der Waals surface area (Å²) in [6, 6.07) is -3.56. The van der Waals surface area contributed by atoms with Gasteiger partial charge in [-0.25, -0.2) is 0 Å². The van der Waals surface area contributed by atoms with Crippen molar-refractivity contribution in [2.75, 3.05) is 59.5 Å². The highest BCUT2D eigenvalue weighted by Crippen LogP contribution is 2.39. The Bertz CT molecular complexity index is 2710. The van der Waals surface area contributed by atoms with Crippen molar-refractivity contribution in [2.45, 2.75) is 290 Å². The number of hydrogen-bond acceptors (Lipinski definition) is 46. The van der Waals surface area contributed by atoms with Crippen LogP contribution in [0.5, 0.6) is 0 Å². The van der Waals surface area contributed by atoms with Gasteiger partial charge in [0, 0.05) is 13.8 Å². The summed E-state index contributed by atoms with van der Waals surface area (Å²) in [7, 11) is 0. The molecule has 0 aromatic heterocycles. The number of rotatable bonds is 27. The normalized spacial score (nSPS) is 51.2. The van der Waals surface area contributed by atoms with Crippen LogP contribution in [0, 0.1) is 0 Å². The molecule has 0 aromatic carbocycles. The van der Waals surface area contributed by atoms with Crippen LogP contribution in [0.25, 0.3) is 0 Å². The molecule has 0 spiro atoms. The standard InChI is InChI=1S/C58H98N2O46/c1-12(68)59-23-32(77)44(19(8-66)92-50(23)89)101-51-24(60-13(2)69)33(78)45(20(9-67)98-51)102-56-43(88)47(104-58-49(38(83)29(74)18(7-65)97-58)106-55-41(86)36(81)27(72)16(5-63)95-55)31(76)22(100-56)11-91-53-42(87)46(30(75)21(99-53)10-90-52-39(84)34(79)25(70)14(3-61)93-52)103-57-48(37(82)28(73)17(6-64)96-57)105-54-40(85)35(80)26(71)15(4-62)94-54/h14-58,61-67,70-89H,3-11H2,1-2H3,(H,59,68)(H,60,69)/t14-,15-,16-,17-,18-,19-,20-,21-,22-,23-,24-,25-,26-,27-,28-,29-,30-,31-,32-,33-,34+,35+,36+,37+,38+,39+,40+,41+,42+,43+,44-,45-,46+,47+,48+,49+,50+,51+,52+,53+,54-,55-,56+,57-,58-/m1/s1. The maximum Gasteiger partial charge on any atom is 0.217 e. The van der Waals surface area contributed by atoms with Crippen molar-refractivity contribution in [1.82, 2.24) is 10.6 Å². The molecule has 0 aliphatic carbocycles. The first kappa shape index (κ1) is 87.2. The summed E-state index contributed by atoms with van der Waals surface area (Å²) in [4.78, 5) is 25.0. The molecule has 0 saturated carbocycles. The monoisotopic (exact) mass is 1560 g/mol. The van der Waals surface area contributed by atoms with Gasteiger partial charge in [-0.15, -0.1) is 0 Å². The Labute approximate surface area is 598 Å². The Morgan fingerprint density at radius 1 is 0.245 bits per heavy atom. The van der Waals surface area contributed by atoms with Crippen LogP contribution >= 0.6 is 0 Å². The van der Waals surface area contributed by atoms with Gasteiger partial charge in [0.2, 0.25) is 11.8 Å². The molecule has 9 rings (SSSR count). The number of aliphatic hydroxyl groups is 27. The lowest BCUT2D eigenvalue weighted by Gasteiger charge is -2.51. The average Bonchev–Trinajstić information content (AvgIpc) is 0.763. The summed E-state index contributed by atoms with van der Waals surface area (Å²) in [6.45, 7) is -7.77. The van der Waals surface area contributed by atoms with Crippen LogP contribution in [0.1, 0.15) is 13.8 Å². The zero-order valence-corrected chi connectivity index (χ0v) is 56.2. The summed E-state index contributed by atoms with van der Waals surface area (Å²) in [5, 5.41) is 301. The largest absolute Gasteiger partial charge is 0.394 e. The van der Waals surface area contributed by atoms with Crippen molar-refractivity contribution in [1.29, 1.82) is 0 Å². The van der Waals surface area contributed by atoms with Gasteiger partial charge in [0.1, 0.15) is 220 Å². The molecule has 616 valence electrons. The van der Waals surface area contributed by atoms with Gasteiger partial charge in [0.05, 0.1) is 59.5 Å². The molecule has 0 bridgehead atoms. The fourth-order valence-corrected chi connectivity index (χ4v) is 13.5. The third-order valence-corrected chi connectivity index (χ3v) is 19.5. The topological polar surface area (TPSA) is 761 Å². The molecule has 0 radical (unpaired) electrons. The van der Waals surface area contributed by atoms with E-state index in [1.54, 1.807) is 0 Å². The Morgan fingerprint density at radius 3 is 0.906 bits per heavy atom. The van der Waals surface area contributed by atoms with Crippen molar-refractivity contribution in [3.05, 3.63) is 0 Å². The lowest BCUT2D eigenvalue weighted by atomic mass is 9.94. The molecule has 9 heterocycles. The Balaban J connectivity index is 1.06. The maximum atomic E-state index is 12.9.